The van der Waals surface area contributed by atoms with Gasteiger partial charge in [-0.15, -0.1) is 0 Å². The van der Waals surface area contributed by atoms with E-state index in [0.29, 0.717) is 12.6 Å². The summed E-state index contributed by atoms with van der Waals surface area (Å²) in [5, 5.41) is 3.67. The maximum atomic E-state index is 13.0. The highest BCUT2D eigenvalue weighted by atomic mass is 16.2. The summed E-state index contributed by atoms with van der Waals surface area (Å²) in [6, 6.07) is 8.79. The van der Waals surface area contributed by atoms with Crippen LogP contribution in [0.4, 0.5) is 0 Å². The van der Waals surface area contributed by atoms with Gasteiger partial charge in [0.05, 0.1) is 0 Å². The molecule has 0 spiro atoms. The second-order valence-corrected chi connectivity index (χ2v) is 8.81. The number of carbonyl (C=O) groups excluding carboxylic acids is 1. The number of aromatic nitrogens is 1. The van der Waals surface area contributed by atoms with Crippen molar-refractivity contribution >= 4 is 5.91 Å². The molecule has 0 radical (unpaired) electrons. The van der Waals surface area contributed by atoms with Crippen LogP contribution in [0.3, 0.4) is 0 Å². The van der Waals surface area contributed by atoms with Gasteiger partial charge in [-0.2, -0.15) is 0 Å². The fraction of sp³-hybridized carbons (Fsp3) is 0.478. The highest BCUT2D eigenvalue weighted by Gasteiger charge is 2.29. The van der Waals surface area contributed by atoms with Crippen LogP contribution in [0, 0.1) is 0 Å². The molecule has 1 atom stereocenters. The van der Waals surface area contributed by atoms with Gasteiger partial charge in [0, 0.05) is 37.1 Å². The fourth-order valence-electron chi connectivity index (χ4n) is 4.24. The van der Waals surface area contributed by atoms with Crippen LogP contribution in [0.25, 0.3) is 0 Å². The Hall–Kier alpha value is -2.20. The summed E-state index contributed by atoms with van der Waals surface area (Å²) in [4.78, 5) is 19.0. The Morgan fingerprint density at radius 1 is 1.22 bits per heavy atom. The first kappa shape index (κ1) is 18.2. The number of rotatable bonds is 2. The second-order valence-electron chi connectivity index (χ2n) is 8.81. The van der Waals surface area contributed by atoms with Gasteiger partial charge in [0.2, 0.25) is 0 Å². The molecule has 1 aromatic carbocycles. The zero-order chi connectivity index (χ0) is 19.0. The number of pyridine rings is 1. The Labute approximate surface area is 162 Å². The Morgan fingerprint density at radius 2 is 2.00 bits per heavy atom. The van der Waals surface area contributed by atoms with Gasteiger partial charge in [0.25, 0.3) is 5.91 Å². The van der Waals surface area contributed by atoms with Crippen molar-refractivity contribution in [3.05, 3.63) is 64.5 Å². The third kappa shape index (κ3) is 3.63. The van der Waals surface area contributed by atoms with Gasteiger partial charge < -0.3 is 10.2 Å². The molecule has 2 aromatic rings. The first-order valence-electron chi connectivity index (χ1n) is 10.0. The summed E-state index contributed by atoms with van der Waals surface area (Å²) in [6.07, 6.45) is 6.70. The van der Waals surface area contributed by atoms with Gasteiger partial charge in [-0.1, -0.05) is 32.9 Å². The Morgan fingerprint density at radius 3 is 2.67 bits per heavy atom. The van der Waals surface area contributed by atoms with E-state index in [1.54, 1.807) is 24.5 Å². The van der Waals surface area contributed by atoms with Crippen LogP contribution in [0.1, 0.15) is 72.3 Å². The van der Waals surface area contributed by atoms with E-state index in [2.05, 4.69) is 43.2 Å². The van der Waals surface area contributed by atoms with Crippen LogP contribution >= 0.6 is 0 Å². The standard InChI is InChI=1S/C23H29N3O/c1-23(2,3)18-13-17-8-12-26(22(27)16-6-10-24-11-7-16)15-20(17)19(14-18)21-5-4-9-25-21/h6-7,10-11,13-14,21,25H,4-5,8-9,12,15H2,1-3H3/t21-/m0/s1. The molecule has 2 aliphatic heterocycles. The van der Waals surface area contributed by atoms with Gasteiger partial charge in [-0.25, -0.2) is 0 Å². The van der Waals surface area contributed by atoms with Crippen LogP contribution in [0.15, 0.2) is 36.7 Å². The van der Waals surface area contributed by atoms with Crippen LogP contribution in [-0.4, -0.2) is 28.9 Å². The average Bonchev–Trinajstić information content (AvgIpc) is 3.20. The number of benzene rings is 1. The van der Waals surface area contributed by atoms with Crippen molar-refractivity contribution in [2.45, 2.75) is 58.0 Å². The predicted octanol–water partition coefficient (Wildman–Crippen LogP) is 4.00. The molecule has 0 unspecified atom stereocenters. The van der Waals surface area contributed by atoms with Crippen molar-refractivity contribution in [2.75, 3.05) is 13.1 Å². The molecular weight excluding hydrogens is 334 g/mol. The highest BCUT2D eigenvalue weighted by molar-refractivity contribution is 5.94. The fourth-order valence-corrected chi connectivity index (χ4v) is 4.24. The quantitative estimate of drug-likeness (QED) is 0.877. The van der Waals surface area contributed by atoms with Crippen molar-refractivity contribution in [3.8, 4) is 0 Å². The molecule has 4 rings (SSSR count). The number of fused-ring (bicyclic) bond motifs is 1. The number of nitrogens with one attached hydrogen (secondary N) is 1. The first-order chi connectivity index (χ1) is 12.9. The second kappa shape index (κ2) is 7.08. The summed E-state index contributed by atoms with van der Waals surface area (Å²) in [6.45, 7) is 9.40. The van der Waals surface area contributed by atoms with Crippen molar-refractivity contribution in [1.29, 1.82) is 0 Å². The summed E-state index contributed by atoms with van der Waals surface area (Å²) in [5.74, 6) is 0.105. The molecule has 1 aromatic heterocycles. The summed E-state index contributed by atoms with van der Waals surface area (Å²) in [5.41, 5.74) is 6.44. The van der Waals surface area contributed by atoms with E-state index in [0.717, 1.165) is 25.1 Å². The van der Waals surface area contributed by atoms with E-state index >= 15 is 0 Å². The molecule has 3 heterocycles. The molecule has 4 nitrogen and oxygen atoms in total. The number of amides is 1. The Bertz CT molecular complexity index is 833. The van der Waals surface area contributed by atoms with E-state index in [9.17, 15) is 4.79 Å². The van der Waals surface area contributed by atoms with Crippen molar-refractivity contribution < 1.29 is 4.79 Å². The Balaban J connectivity index is 1.70. The van der Waals surface area contributed by atoms with Crippen LogP contribution in [0.2, 0.25) is 0 Å². The monoisotopic (exact) mass is 363 g/mol. The van der Waals surface area contributed by atoms with Crippen molar-refractivity contribution in [3.63, 3.8) is 0 Å². The summed E-state index contributed by atoms with van der Waals surface area (Å²) < 4.78 is 0. The molecule has 1 fully saturated rings. The van der Waals surface area contributed by atoms with E-state index in [1.807, 2.05) is 4.90 Å². The van der Waals surface area contributed by atoms with E-state index in [1.165, 1.54) is 35.1 Å². The minimum Gasteiger partial charge on any atom is -0.334 e. The number of carbonyl (C=O) groups is 1. The van der Waals surface area contributed by atoms with E-state index < -0.39 is 0 Å². The predicted molar refractivity (Wildman–Crippen MR) is 108 cm³/mol. The number of hydrogen-bond acceptors (Lipinski definition) is 3. The van der Waals surface area contributed by atoms with Crippen LogP contribution in [0.5, 0.6) is 0 Å². The lowest BCUT2D eigenvalue weighted by atomic mass is 9.80. The lowest BCUT2D eigenvalue weighted by molar-refractivity contribution is 0.0733. The molecule has 4 heteroatoms. The summed E-state index contributed by atoms with van der Waals surface area (Å²) in [7, 11) is 0. The normalized spacial score (nSPS) is 19.8. The largest absolute Gasteiger partial charge is 0.334 e. The zero-order valence-corrected chi connectivity index (χ0v) is 16.6. The molecule has 1 saturated heterocycles. The SMILES string of the molecule is CC(C)(C)c1cc2c(c([C@@H]3CCCN3)c1)CN(C(=O)c1ccncc1)CC2. The molecule has 142 valence electrons. The molecule has 0 saturated carbocycles. The topological polar surface area (TPSA) is 45.2 Å². The van der Waals surface area contributed by atoms with Gasteiger partial charge in [0.15, 0.2) is 0 Å². The lowest BCUT2D eigenvalue weighted by Gasteiger charge is -2.34. The molecule has 27 heavy (non-hydrogen) atoms. The molecule has 0 aliphatic carbocycles. The van der Waals surface area contributed by atoms with E-state index in [4.69, 9.17) is 0 Å². The zero-order valence-electron chi connectivity index (χ0n) is 16.6. The van der Waals surface area contributed by atoms with Crippen molar-refractivity contribution in [1.82, 2.24) is 15.2 Å². The Kier molecular flexibility index (Phi) is 4.77. The van der Waals surface area contributed by atoms with Gasteiger partial charge in [-0.3, -0.25) is 9.78 Å². The van der Waals surface area contributed by atoms with Gasteiger partial charge in [-0.05, 0) is 65.6 Å². The molecule has 0 bridgehead atoms. The average molecular weight is 364 g/mol. The molecule has 1 N–H and O–H groups in total. The van der Waals surface area contributed by atoms with Crippen LogP contribution in [-0.2, 0) is 18.4 Å². The van der Waals surface area contributed by atoms with E-state index in [-0.39, 0.29) is 11.3 Å². The maximum Gasteiger partial charge on any atom is 0.254 e. The van der Waals surface area contributed by atoms with Crippen molar-refractivity contribution in [2.24, 2.45) is 0 Å². The lowest BCUT2D eigenvalue weighted by Crippen LogP contribution is -2.37. The molecular formula is C23H29N3O. The first-order valence-corrected chi connectivity index (χ1v) is 10.0. The smallest absolute Gasteiger partial charge is 0.254 e. The van der Waals surface area contributed by atoms with Crippen LogP contribution < -0.4 is 5.32 Å². The number of hydrogen-bond donors (Lipinski definition) is 1. The minimum atomic E-state index is 0.105. The third-order valence-corrected chi connectivity index (χ3v) is 5.89. The maximum absolute atomic E-state index is 13.0. The molecule has 2 aliphatic rings. The number of nitrogens with zero attached hydrogens (tertiary/aromatic N) is 2. The van der Waals surface area contributed by atoms with Gasteiger partial charge >= 0.3 is 0 Å². The highest BCUT2D eigenvalue weighted by Crippen LogP contribution is 2.36. The van der Waals surface area contributed by atoms with Gasteiger partial charge in [0.1, 0.15) is 0 Å². The summed E-state index contributed by atoms with van der Waals surface area (Å²) >= 11 is 0. The molecule has 1 amide bonds. The third-order valence-electron chi connectivity index (χ3n) is 5.89. The minimum absolute atomic E-state index is 0.105.